The van der Waals surface area contributed by atoms with E-state index in [4.69, 9.17) is 0 Å². The van der Waals surface area contributed by atoms with Crippen molar-refractivity contribution < 1.29 is 0 Å². The summed E-state index contributed by atoms with van der Waals surface area (Å²) < 4.78 is 0. The highest BCUT2D eigenvalue weighted by molar-refractivity contribution is 5.30. The third kappa shape index (κ3) is 1.93. The maximum Gasteiger partial charge on any atom is -0.0160 e. The first-order valence-corrected chi connectivity index (χ1v) is 5.39. The maximum atomic E-state index is 2.35. The summed E-state index contributed by atoms with van der Waals surface area (Å²) in [5, 5.41) is 0. The predicted octanol–water partition coefficient (Wildman–Crippen LogP) is 4.01. The Morgan fingerprint density at radius 3 is 2.77 bits per heavy atom. The van der Waals surface area contributed by atoms with Gasteiger partial charge in [0.1, 0.15) is 0 Å². The van der Waals surface area contributed by atoms with Crippen LogP contribution in [0.25, 0.3) is 0 Å². The van der Waals surface area contributed by atoms with Crippen molar-refractivity contribution in [3.05, 3.63) is 35.5 Å². The fourth-order valence-electron chi connectivity index (χ4n) is 2.44. The van der Waals surface area contributed by atoms with E-state index in [9.17, 15) is 0 Å². The highest BCUT2D eigenvalue weighted by atomic mass is 14.2. The molecular weight excluding hydrogens is 156 g/mol. The summed E-state index contributed by atoms with van der Waals surface area (Å²) in [6, 6.07) is 0. The maximum absolute atomic E-state index is 2.35. The first kappa shape index (κ1) is 8.80. The van der Waals surface area contributed by atoms with Crippen LogP contribution in [0.2, 0.25) is 0 Å². The van der Waals surface area contributed by atoms with Crippen molar-refractivity contribution in [1.82, 2.24) is 0 Å². The second kappa shape index (κ2) is 3.95. The van der Waals surface area contributed by atoms with Crippen LogP contribution in [0, 0.1) is 5.92 Å². The van der Waals surface area contributed by atoms with Crippen LogP contribution in [0.4, 0.5) is 0 Å². The van der Waals surface area contributed by atoms with E-state index in [2.05, 4.69) is 31.2 Å². The summed E-state index contributed by atoms with van der Waals surface area (Å²) in [6.45, 7) is 2.27. The van der Waals surface area contributed by atoms with Crippen molar-refractivity contribution in [2.24, 2.45) is 5.92 Å². The zero-order valence-corrected chi connectivity index (χ0v) is 8.42. The minimum absolute atomic E-state index is 0.856. The van der Waals surface area contributed by atoms with Gasteiger partial charge in [0.2, 0.25) is 0 Å². The van der Waals surface area contributed by atoms with E-state index in [0.29, 0.717) is 0 Å². The molecule has 0 saturated heterocycles. The lowest BCUT2D eigenvalue weighted by Gasteiger charge is -2.24. The van der Waals surface area contributed by atoms with Crippen molar-refractivity contribution in [2.75, 3.05) is 0 Å². The van der Waals surface area contributed by atoms with Crippen LogP contribution < -0.4 is 0 Å². The summed E-state index contributed by atoms with van der Waals surface area (Å²) in [6.07, 6.45) is 15.8. The molecule has 0 bridgehead atoms. The van der Waals surface area contributed by atoms with Crippen LogP contribution in [-0.2, 0) is 0 Å². The Morgan fingerprint density at radius 1 is 1.15 bits per heavy atom. The number of hydrogen-bond acceptors (Lipinski definition) is 0. The van der Waals surface area contributed by atoms with Gasteiger partial charge < -0.3 is 0 Å². The predicted molar refractivity (Wildman–Crippen MR) is 57.6 cm³/mol. The van der Waals surface area contributed by atoms with Gasteiger partial charge in [-0.3, -0.25) is 0 Å². The first-order chi connectivity index (χ1) is 6.38. The first-order valence-electron chi connectivity index (χ1n) is 5.39. The molecule has 0 radical (unpaired) electrons. The molecule has 0 spiro atoms. The topological polar surface area (TPSA) is 0 Å². The number of allylic oxidation sites excluding steroid dienone is 6. The van der Waals surface area contributed by atoms with Gasteiger partial charge in [-0.1, -0.05) is 35.5 Å². The zero-order valence-electron chi connectivity index (χ0n) is 8.42. The third-order valence-corrected chi connectivity index (χ3v) is 3.22. The standard InChI is InChI=1S/C13H18/c1-11-7-5-6-10-13(11)12-8-3-2-4-9-12/h2-3,5,7,12H,4,6,8-10H2,1H3. The summed E-state index contributed by atoms with van der Waals surface area (Å²) in [4.78, 5) is 0. The van der Waals surface area contributed by atoms with Crippen molar-refractivity contribution in [3.63, 3.8) is 0 Å². The molecule has 0 amide bonds. The highest BCUT2D eigenvalue weighted by Gasteiger charge is 2.17. The monoisotopic (exact) mass is 174 g/mol. The summed E-state index contributed by atoms with van der Waals surface area (Å²) >= 11 is 0. The molecule has 0 nitrogen and oxygen atoms in total. The SMILES string of the molecule is CC1=C(C2CC=CCC2)CCC=C1. The lowest BCUT2D eigenvalue weighted by Crippen LogP contribution is -2.09. The molecule has 0 heterocycles. The minimum atomic E-state index is 0.856. The van der Waals surface area contributed by atoms with Gasteiger partial charge in [-0.2, -0.15) is 0 Å². The molecule has 0 aromatic carbocycles. The minimum Gasteiger partial charge on any atom is -0.0885 e. The van der Waals surface area contributed by atoms with Gasteiger partial charge in [-0.05, 0) is 44.9 Å². The number of hydrogen-bond donors (Lipinski definition) is 0. The quantitative estimate of drug-likeness (QED) is 0.527. The van der Waals surface area contributed by atoms with E-state index in [-0.39, 0.29) is 0 Å². The molecule has 0 saturated carbocycles. The van der Waals surface area contributed by atoms with Crippen LogP contribution in [0.15, 0.2) is 35.5 Å². The Kier molecular flexibility index (Phi) is 2.68. The van der Waals surface area contributed by atoms with Gasteiger partial charge in [0.05, 0.1) is 0 Å². The van der Waals surface area contributed by atoms with Gasteiger partial charge in [0.25, 0.3) is 0 Å². The average molecular weight is 174 g/mol. The molecular formula is C13H18. The molecule has 0 fully saturated rings. The van der Waals surface area contributed by atoms with E-state index >= 15 is 0 Å². The molecule has 2 aliphatic rings. The summed E-state index contributed by atoms with van der Waals surface area (Å²) in [5.74, 6) is 0.856. The molecule has 0 aliphatic heterocycles. The van der Waals surface area contributed by atoms with Crippen LogP contribution in [0.5, 0.6) is 0 Å². The highest BCUT2D eigenvalue weighted by Crippen LogP contribution is 2.33. The van der Waals surface area contributed by atoms with Gasteiger partial charge in [-0.15, -0.1) is 0 Å². The Labute approximate surface area is 81.0 Å². The number of rotatable bonds is 1. The zero-order chi connectivity index (χ0) is 9.10. The van der Waals surface area contributed by atoms with E-state index in [1.807, 2.05) is 0 Å². The summed E-state index contributed by atoms with van der Waals surface area (Å²) in [5.41, 5.74) is 3.26. The normalized spacial score (nSPS) is 28.2. The van der Waals surface area contributed by atoms with Gasteiger partial charge >= 0.3 is 0 Å². The van der Waals surface area contributed by atoms with Gasteiger partial charge in [0, 0.05) is 0 Å². The lowest BCUT2D eigenvalue weighted by atomic mass is 9.81. The molecule has 70 valence electrons. The lowest BCUT2D eigenvalue weighted by molar-refractivity contribution is 0.528. The molecule has 0 N–H and O–H groups in total. The van der Waals surface area contributed by atoms with E-state index in [1.54, 1.807) is 5.57 Å². The van der Waals surface area contributed by atoms with Crippen molar-refractivity contribution in [2.45, 2.75) is 39.0 Å². The van der Waals surface area contributed by atoms with Gasteiger partial charge in [0.15, 0.2) is 0 Å². The fraction of sp³-hybridized carbons (Fsp3) is 0.538. The van der Waals surface area contributed by atoms with Crippen molar-refractivity contribution in [3.8, 4) is 0 Å². The van der Waals surface area contributed by atoms with Gasteiger partial charge in [-0.25, -0.2) is 0 Å². The average Bonchev–Trinajstić information content (AvgIpc) is 2.20. The Hall–Kier alpha value is -0.780. The van der Waals surface area contributed by atoms with Crippen molar-refractivity contribution in [1.29, 1.82) is 0 Å². The fourth-order valence-corrected chi connectivity index (χ4v) is 2.44. The largest absolute Gasteiger partial charge is 0.0885 e. The van der Waals surface area contributed by atoms with E-state index in [0.717, 1.165) is 5.92 Å². The second-order valence-electron chi connectivity index (χ2n) is 4.13. The van der Waals surface area contributed by atoms with E-state index < -0.39 is 0 Å². The van der Waals surface area contributed by atoms with E-state index in [1.165, 1.54) is 37.7 Å². The second-order valence-corrected chi connectivity index (χ2v) is 4.13. The van der Waals surface area contributed by atoms with Crippen LogP contribution >= 0.6 is 0 Å². The third-order valence-electron chi connectivity index (χ3n) is 3.22. The Balaban J connectivity index is 2.14. The smallest absolute Gasteiger partial charge is 0.0160 e. The molecule has 0 heteroatoms. The molecule has 0 aromatic rings. The molecule has 2 rings (SSSR count). The molecule has 2 aliphatic carbocycles. The molecule has 1 unspecified atom stereocenters. The molecule has 0 aromatic heterocycles. The van der Waals surface area contributed by atoms with Crippen LogP contribution in [0.3, 0.4) is 0 Å². The summed E-state index contributed by atoms with van der Waals surface area (Å²) in [7, 11) is 0. The molecule has 13 heavy (non-hydrogen) atoms. The Bertz CT molecular complexity index is 266. The van der Waals surface area contributed by atoms with Crippen LogP contribution in [-0.4, -0.2) is 0 Å². The Morgan fingerprint density at radius 2 is 2.08 bits per heavy atom. The van der Waals surface area contributed by atoms with Crippen molar-refractivity contribution >= 4 is 0 Å². The molecule has 1 atom stereocenters. The van der Waals surface area contributed by atoms with Crippen LogP contribution in [0.1, 0.15) is 39.0 Å².